The molecule has 2 nitrogen and oxygen atoms in total. The highest BCUT2D eigenvalue weighted by atomic mass is 35.5. The van der Waals surface area contributed by atoms with E-state index in [1.807, 2.05) is 6.07 Å². The van der Waals surface area contributed by atoms with Crippen LogP contribution in [-0.4, -0.2) is 11.1 Å². The molecule has 18 heavy (non-hydrogen) atoms. The molecule has 2 rings (SSSR count). The Balaban J connectivity index is 2.52. The smallest absolute Gasteiger partial charge is 0.315 e. The fraction of sp³-hybridized carbons (Fsp3) is 0.0714. The summed E-state index contributed by atoms with van der Waals surface area (Å²) in [7, 11) is 0. The van der Waals surface area contributed by atoms with Crippen LogP contribution in [0, 0.1) is 0 Å². The minimum Gasteiger partial charge on any atom is -0.481 e. The van der Waals surface area contributed by atoms with Crippen LogP contribution in [0.4, 0.5) is 0 Å². The highest BCUT2D eigenvalue weighted by Crippen LogP contribution is 2.29. The first-order chi connectivity index (χ1) is 8.58. The minimum absolute atomic E-state index is 0.430. The van der Waals surface area contributed by atoms with Crippen molar-refractivity contribution in [3.63, 3.8) is 0 Å². The average molecular weight is 281 g/mol. The second kappa shape index (κ2) is 5.42. The SMILES string of the molecule is O=C(O)[C@H](c1ccccc1)c1cc(Cl)cc(Cl)c1. The summed E-state index contributed by atoms with van der Waals surface area (Å²) in [5.41, 5.74) is 1.27. The van der Waals surface area contributed by atoms with Crippen molar-refractivity contribution in [1.29, 1.82) is 0 Å². The molecule has 0 spiro atoms. The molecule has 2 aromatic rings. The molecule has 0 aliphatic heterocycles. The standard InChI is InChI=1S/C14H10Cl2O2/c15-11-6-10(7-12(16)8-11)13(14(17)18)9-4-2-1-3-5-9/h1-8,13H,(H,17,18)/t13-/m1/s1. The lowest BCUT2D eigenvalue weighted by atomic mass is 9.91. The number of carboxylic acid groups (broad SMARTS) is 1. The maximum absolute atomic E-state index is 11.4. The highest BCUT2D eigenvalue weighted by Gasteiger charge is 2.22. The first-order valence-electron chi connectivity index (χ1n) is 5.31. The Morgan fingerprint density at radius 3 is 2.00 bits per heavy atom. The quantitative estimate of drug-likeness (QED) is 0.915. The second-order valence-electron chi connectivity index (χ2n) is 3.88. The molecule has 0 aliphatic rings. The van der Waals surface area contributed by atoms with E-state index in [9.17, 15) is 9.90 Å². The van der Waals surface area contributed by atoms with Crippen LogP contribution < -0.4 is 0 Å². The monoisotopic (exact) mass is 280 g/mol. The van der Waals surface area contributed by atoms with Crippen LogP contribution in [0.15, 0.2) is 48.5 Å². The Kier molecular flexibility index (Phi) is 3.90. The second-order valence-corrected chi connectivity index (χ2v) is 4.76. The Hall–Kier alpha value is -1.51. The van der Waals surface area contributed by atoms with Gasteiger partial charge in [-0.2, -0.15) is 0 Å². The lowest BCUT2D eigenvalue weighted by molar-refractivity contribution is -0.137. The van der Waals surface area contributed by atoms with E-state index in [0.29, 0.717) is 21.2 Å². The lowest BCUT2D eigenvalue weighted by Crippen LogP contribution is -2.13. The number of benzene rings is 2. The van der Waals surface area contributed by atoms with Gasteiger partial charge >= 0.3 is 5.97 Å². The van der Waals surface area contributed by atoms with Crippen molar-refractivity contribution in [1.82, 2.24) is 0 Å². The predicted octanol–water partition coefficient (Wildman–Crippen LogP) is 4.21. The van der Waals surface area contributed by atoms with Gasteiger partial charge in [0, 0.05) is 10.0 Å². The molecular formula is C14H10Cl2O2. The molecule has 4 heteroatoms. The topological polar surface area (TPSA) is 37.3 Å². The number of hydrogen-bond acceptors (Lipinski definition) is 1. The molecule has 0 saturated carbocycles. The summed E-state index contributed by atoms with van der Waals surface area (Å²) in [5.74, 6) is -1.69. The highest BCUT2D eigenvalue weighted by molar-refractivity contribution is 6.34. The van der Waals surface area contributed by atoms with Crippen LogP contribution in [0.25, 0.3) is 0 Å². The van der Waals surface area contributed by atoms with E-state index < -0.39 is 11.9 Å². The first kappa shape index (κ1) is 12.9. The molecule has 0 aliphatic carbocycles. The van der Waals surface area contributed by atoms with Gasteiger partial charge in [-0.05, 0) is 29.3 Å². The zero-order chi connectivity index (χ0) is 13.1. The number of carbonyl (C=O) groups is 1. The normalized spacial score (nSPS) is 12.1. The molecule has 0 radical (unpaired) electrons. The molecule has 92 valence electrons. The molecule has 0 aromatic heterocycles. The van der Waals surface area contributed by atoms with E-state index in [0.717, 1.165) is 0 Å². The predicted molar refractivity (Wildman–Crippen MR) is 72.4 cm³/mol. The molecule has 1 N–H and O–H groups in total. The van der Waals surface area contributed by atoms with Gasteiger partial charge in [-0.25, -0.2) is 0 Å². The summed E-state index contributed by atoms with van der Waals surface area (Å²) in [6.07, 6.45) is 0. The van der Waals surface area contributed by atoms with Crippen molar-refractivity contribution in [2.75, 3.05) is 0 Å². The van der Waals surface area contributed by atoms with Gasteiger partial charge in [0.1, 0.15) is 5.92 Å². The molecule has 0 unspecified atom stereocenters. The summed E-state index contributed by atoms with van der Waals surface area (Å²) < 4.78 is 0. The molecule has 1 atom stereocenters. The van der Waals surface area contributed by atoms with Gasteiger partial charge in [0.15, 0.2) is 0 Å². The van der Waals surface area contributed by atoms with E-state index in [1.165, 1.54) is 0 Å². The Morgan fingerprint density at radius 1 is 0.944 bits per heavy atom. The fourth-order valence-corrected chi connectivity index (χ4v) is 2.41. The largest absolute Gasteiger partial charge is 0.481 e. The molecule has 0 saturated heterocycles. The Labute approximate surface area is 115 Å². The van der Waals surface area contributed by atoms with Crippen LogP contribution in [-0.2, 0) is 4.79 Å². The molecule has 0 amide bonds. The van der Waals surface area contributed by atoms with Gasteiger partial charge in [-0.15, -0.1) is 0 Å². The number of rotatable bonds is 3. The van der Waals surface area contributed by atoms with Crippen LogP contribution >= 0.6 is 23.2 Å². The van der Waals surface area contributed by atoms with Gasteiger partial charge in [-0.3, -0.25) is 4.79 Å². The number of halogens is 2. The Morgan fingerprint density at radius 2 is 1.50 bits per heavy atom. The fourth-order valence-electron chi connectivity index (χ4n) is 1.86. The molecule has 0 fully saturated rings. The lowest BCUT2D eigenvalue weighted by Gasteiger charge is -2.14. The van der Waals surface area contributed by atoms with E-state index in [-0.39, 0.29) is 0 Å². The maximum Gasteiger partial charge on any atom is 0.315 e. The number of carboxylic acids is 1. The van der Waals surface area contributed by atoms with Crippen molar-refractivity contribution in [2.45, 2.75) is 5.92 Å². The molecule has 0 bridgehead atoms. The maximum atomic E-state index is 11.4. The third-order valence-corrected chi connectivity index (χ3v) is 3.03. The zero-order valence-electron chi connectivity index (χ0n) is 9.31. The molecule has 2 aromatic carbocycles. The summed E-state index contributed by atoms with van der Waals surface area (Å²) in [4.78, 5) is 11.4. The van der Waals surface area contributed by atoms with Crippen LogP contribution in [0.2, 0.25) is 10.0 Å². The third kappa shape index (κ3) is 2.84. The minimum atomic E-state index is -0.931. The third-order valence-electron chi connectivity index (χ3n) is 2.60. The van der Waals surface area contributed by atoms with Gasteiger partial charge in [-0.1, -0.05) is 53.5 Å². The van der Waals surface area contributed by atoms with Crippen LogP contribution in [0.3, 0.4) is 0 Å². The van der Waals surface area contributed by atoms with Gasteiger partial charge in [0.25, 0.3) is 0 Å². The number of hydrogen-bond donors (Lipinski definition) is 1. The van der Waals surface area contributed by atoms with Crippen molar-refractivity contribution >= 4 is 29.2 Å². The molecular weight excluding hydrogens is 271 g/mol. The summed E-state index contributed by atoms with van der Waals surface area (Å²) >= 11 is 11.8. The summed E-state index contributed by atoms with van der Waals surface area (Å²) in [6.45, 7) is 0. The van der Waals surface area contributed by atoms with Gasteiger partial charge in [0.05, 0.1) is 0 Å². The molecule has 0 heterocycles. The summed E-state index contributed by atoms with van der Waals surface area (Å²) in [6, 6.07) is 13.8. The summed E-state index contributed by atoms with van der Waals surface area (Å²) in [5, 5.41) is 10.2. The van der Waals surface area contributed by atoms with Gasteiger partial charge < -0.3 is 5.11 Å². The average Bonchev–Trinajstić information content (AvgIpc) is 2.28. The van der Waals surface area contributed by atoms with Crippen molar-refractivity contribution in [2.24, 2.45) is 0 Å². The van der Waals surface area contributed by atoms with E-state index in [4.69, 9.17) is 23.2 Å². The number of aliphatic carboxylic acids is 1. The van der Waals surface area contributed by atoms with Crippen LogP contribution in [0.1, 0.15) is 17.0 Å². The zero-order valence-corrected chi connectivity index (χ0v) is 10.8. The van der Waals surface area contributed by atoms with E-state index >= 15 is 0 Å². The van der Waals surface area contributed by atoms with E-state index in [2.05, 4.69) is 0 Å². The van der Waals surface area contributed by atoms with Crippen molar-refractivity contribution in [3.8, 4) is 0 Å². The Bertz CT molecular complexity index is 547. The van der Waals surface area contributed by atoms with Crippen LogP contribution in [0.5, 0.6) is 0 Å². The van der Waals surface area contributed by atoms with Crippen molar-refractivity contribution in [3.05, 3.63) is 69.7 Å². The van der Waals surface area contributed by atoms with Gasteiger partial charge in [0.2, 0.25) is 0 Å². The van der Waals surface area contributed by atoms with E-state index in [1.54, 1.807) is 42.5 Å². The van der Waals surface area contributed by atoms with Crippen molar-refractivity contribution < 1.29 is 9.90 Å². The first-order valence-corrected chi connectivity index (χ1v) is 6.07.